The summed E-state index contributed by atoms with van der Waals surface area (Å²) in [5, 5.41) is 0.456. The summed E-state index contributed by atoms with van der Waals surface area (Å²) >= 11 is 1.32. The second-order valence-electron chi connectivity index (χ2n) is 8.03. The van der Waals surface area contributed by atoms with Crippen LogP contribution in [0.15, 0.2) is 60.8 Å². The van der Waals surface area contributed by atoms with E-state index in [-0.39, 0.29) is 37.1 Å². The third-order valence-electron chi connectivity index (χ3n) is 5.85. The van der Waals surface area contributed by atoms with E-state index in [0.29, 0.717) is 39.1 Å². The number of methoxy groups -OCH3 is 2. The molecule has 4 aromatic rings. The highest BCUT2D eigenvalue weighted by Gasteiger charge is 2.31. The van der Waals surface area contributed by atoms with E-state index >= 15 is 0 Å². The molecule has 0 radical (unpaired) electrons. The fraction of sp³-hybridized carbons (Fsp3) is 0.192. The molecular weight excluding hydrogens is 480 g/mol. The first-order valence-corrected chi connectivity index (χ1v) is 12.0. The van der Waals surface area contributed by atoms with Gasteiger partial charge in [0.15, 0.2) is 5.13 Å². The highest BCUT2D eigenvalue weighted by atomic mass is 32.1. The molecule has 0 spiro atoms. The number of pyridine rings is 1. The van der Waals surface area contributed by atoms with E-state index in [1.165, 1.54) is 11.3 Å². The number of nitrogens with zero attached hydrogens (tertiary/aromatic N) is 4. The van der Waals surface area contributed by atoms with Gasteiger partial charge in [0.1, 0.15) is 21.7 Å². The molecule has 36 heavy (non-hydrogen) atoms. The van der Waals surface area contributed by atoms with Crippen LogP contribution in [0.3, 0.4) is 0 Å². The van der Waals surface area contributed by atoms with Crippen LogP contribution >= 0.6 is 11.3 Å². The molecule has 0 atom stereocenters. The van der Waals surface area contributed by atoms with Crippen molar-refractivity contribution in [3.63, 3.8) is 0 Å². The van der Waals surface area contributed by atoms with Gasteiger partial charge in [0.05, 0.1) is 32.1 Å². The number of benzene rings is 2. The number of amides is 3. The summed E-state index contributed by atoms with van der Waals surface area (Å²) in [7, 11) is 3.14. The zero-order valence-corrected chi connectivity index (χ0v) is 20.4. The second-order valence-corrected chi connectivity index (χ2v) is 9.00. The van der Waals surface area contributed by atoms with E-state index < -0.39 is 0 Å². The SMILES string of the molecule is COc1ccc(OC)c2sc(N(Cc3ccccn3)C(=O)c3ccc(N4C(=O)CCC4=O)cc3)nc12. The van der Waals surface area contributed by atoms with Crippen LogP contribution in [0, 0.1) is 0 Å². The zero-order valence-electron chi connectivity index (χ0n) is 19.6. The van der Waals surface area contributed by atoms with E-state index in [1.807, 2.05) is 18.2 Å². The Morgan fingerprint density at radius 1 is 0.972 bits per heavy atom. The molecule has 0 saturated carbocycles. The third kappa shape index (κ3) is 4.27. The molecule has 2 aromatic carbocycles. The fourth-order valence-corrected chi connectivity index (χ4v) is 5.12. The molecule has 10 heteroatoms. The summed E-state index contributed by atoms with van der Waals surface area (Å²) in [5.41, 5.74) is 2.11. The van der Waals surface area contributed by atoms with Gasteiger partial charge in [0.2, 0.25) is 11.8 Å². The van der Waals surface area contributed by atoms with Crippen molar-refractivity contribution in [1.29, 1.82) is 0 Å². The van der Waals surface area contributed by atoms with E-state index in [9.17, 15) is 14.4 Å². The number of fused-ring (bicyclic) bond motifs is 1. The quantitative estimate of drug-likeness (QED) is 0.349. The summed E-state index contributed by atoms with van der Waals surface area (Å²) in [4.78, 5) is 49.7. The predicted molar refractivity (Wildman–Crippen MR) is 136 cm³/mol. The molecule has 182 valence electrons. The number of thiazole rings is 1. The van der Waals surface area contributed by atoms with E-state index in [4.69, 9.17) is 14.5 Å². The second kappa shape index (κ2) is 9.74. The number of anilines is 2. The van der Waals surface area contributed by atoms with Gasteiger partial charge in [0, 0.05) is 24.6 Å². The lowest BCUT2D eigenvalue weighted by molar-refractivity contribution is -0.121. The number of carbonyl (C=O) groups excluding carboxylic acids is 3. The predicted octanol–water partition coefficient (Wildman–Crippen LogP) is 4.21. The number of hydrogen-bond acceptors (Lipinski definition) is 8. The van der Waals surface area contributed by atoms with Crippen LogP contribution in [0.4, 0.5) is 10.8 Å². The van der Waals surface area contributed by atoms with Gasteiger partial charge < -0.3 is 9.47 Å². The molecule has 1 aliphatic heterocycles. The average Bonchev–Trinajstić information content (AvgIpc) is 3.50. The molecule has 0 unspecified atom stereocenters. The Morgan fingerprint density at radius 3 is 2.31 bits per heavy atom. The molecule has 5 rings (SSSR count). The summed E-state index contributed by atoms with van der Waals surface area (Å²) < 4.78 is 11.7. The maximum absolute atomic E-state index is 13.8. The molecule has 0 bridgehead atoms. The van der Waals surface area contributed by atoms with Crippen LogP contribution in [0.25, 0.3) is 10.2 Å². The Hall–Kier alpha value is -4.31. The van der Waals surface area contributed by atoms with Gasteiger partial charge in [-0.15, -0.1) is 0 Å². The Kier molecular flexibility index (Phi) is 6.34. The molecule has 2 aromatic heterocycles. The zero-order chi connectivity index (χ0) is 25.2. The normalized spacial score (nSPS) is 13.3. The Bertz CT molecular complexity index is 1400. The van der Waals surface area contributed by atoms with Crippen LogP contribution in [-0.2, 0) is 16.1 Å². The molecule has 3 amide bonds. The lowest BCUT2D eigenvalue weighted by atomic mass is 10.1. The first kappa shape index (κ1) is 23.4. The molecular formula is C26H22N4O5S. The number of ether oxygens (including phenoxy) is 2. The molecule has 1 aliphatic rings. The van der Waals surface area contributed by atoms with Gasteiger partial charge in [-0.1, -0.05) is 17.4 Å². The third-order valence-corrected chi connectivity index (χ3v) is 6.94. The summed E-state index contributed by atoms with van der Waals surface area (Å²) in [6.07, 6.45) is 2.06. The summed E-state index contributed by atoms with van der Waals surface area (Å²) in [5.74, 6) is 0.414. The first-order chi connectivity index (χ1) is 17.5. The molecule has 0 N–H and O–H groups in total. The topological polar surface area (TPSA) is 102 Å². The van der Waals surface area contributed by atoms with Gasteiger partial charge in [-0.2, -0.15) is 0 Å². The smallest absolute Gasteiger partial charge is 0.260 e. The summed E-state index contributed by atoms with van der Waals surface area (Å²) in [6.45, 7) is 0.189. The Labute approximate surface area is 210 Å². The highest BCUT2D eigenvalue weighted by molar-refractivity contribution is 7.22. The van der Waals surface area contributed by atoms with Crippen molar-refractivity contribution < 1.29 is 23.9 Å². The molecule has 1 saturated heterocycles. The van der Waals surface area contributed by atoms with Gasteiger partial charge in [0.25, 0.3) is 5.91 Å². The van der Waals surface area contributed by atoms with Crippen molar-refractivity contribution in [1.82, 2.24) is 9.97 Å². The van der Waals surface area contributed by atoms with Crippen LogP contribution < -0.4 is 19.3 Å². The standard InChI is InChI=1S/C26H22N4O5S/c1-34-19-10-11-20(35-2)24-23(19)28-26(36-24)29(15-17-5-3-4-14-27-17)25(33)16-6-8-18(9-7-16)30-21(31)12-13-22(30)32/h3-11,14H,12-13,15H2,1-2H3. The van der Waals surface area contributed by atoms with Crippen LogP contribution in [0.1, 0.15) is 28.9 Å². The van der Waals surface area contributed by atoms with Crippen LogP contribution in [0.5, 0.6) is 11.5 Å². The number of imide groups is 1. The van der Waals surface area contributed by atoms with Crippen molar-refractivity contribution in [2.75, 3.05) is 24.0 Å². The lowest BCUT2D eigenvalue weighted by Gasteiger charge is -2.20. The first-order valence-electron chi connectivity index (χ1n) is 11.2. The van der Waals surface area contributed by atoms with Crippen LogP contribution in [0.2, 0.25) is 0 Å². The number of rotatable bonds is 7. The van der Waals surface area contributed by atoms with Crippen LogP contribution in [-0.4, -0.2) is 41.9 Å². The minimum atomic E-state index is -0.303. The van der Waals surface area contributed by atoms with Gasteiger partial charge in [-0.05, 0) is 48.5 Å². The molecule has 0 aliphatic carbocycles. The fourth-order valence-electron chi connectivity index (χ4n) is 4.04. The number of carbonyl (C=O) groups is 3. The minimum Gasteiger partial charge on any atom is -0.495 e. The van der Waals surface area contributed by atoms with Gasteiger partial charge in [-0.3, -0.25) is 29.2 Å². The lowest BCUT2D eigenvalue weighted by Crippen LogP contribution is -2.31. The largest absolute Gasteiger partial charge is 0.495 e. The van der Waals surface area contributed by atoms with Crippen molar-refractivity contribution in [3.05, 3.63) is 72.1 Å². The summed E-state index contributed by atoms with van der Waals surface area (Å²) in [6, 6.07) is 15.5. The maximum atomic E-state index is 13.8. The van der Waals surface area contributed by atoms with Gasteiger partial charge >= 0.3 is 0 Å². The van der Waals surface area contributed by atoms with Crippen molar-refractivity contribution in [2.45, 2.75) is 19.4 Å². The average molecular weight is 503 g/mol. The van der Waals surface area contributed by atoms with E-state index in [0.717, 1.165) is 9.60 Å². The molecule has 9 nitrogen and oxygen atoms in total. The number of hydrogen-bond donors (Lipinski definition) is 0. The van der Waals surface area contributed by atoms with E-state index in [2.05, 4.69) is 4.98 Å². The Morgan fingerprint density at radius 2 is 1.67 bits per heavy atom. The Balaban J connectivity index is 1.54. The van der Waals surface area contributed by atoms with Crippen molar-refractivity contribution in [3.8, 4) is 11.5 Å². The van der Waals surface area contributed by atoms with Crippen molar-refractivity contribution in [2.24, 2.45) is 0 Å². The highest BCUT2D eigenvalue weighted by Crippen LogP contribution is 2.40. The maximum Gasteiger partial charge on any atom is 0.260 e. The molecule has 3 heterocycles. The van der Waals surface area contributed by atoms with E-state index in [1.54, 1.807) is 61.7 Å². The van der Waals surface area contributed by atoms with Gasteiger partial charge in [-0.25, -0.2) is 4.98 Å². The minimum absolute atomic E-state index is 0.189. The number of aromatic nitrogens is 2. The monoisotopic (exact) mass is 502 g/mol. The molecule has 1 fully saturated rings. The van der Waals surface area contributed by atoms with Crippen molar-refractivity contribution >= 4 is 50.1 Å².